The molecule has 1 aromatic rings. The molecule has 2 fully saturated rings. The maximum atomic E-state index is 13.0. The van der Waals surface area contributed by atoms with Gasteiger partial charge in [-0.3, -0.25) is 9.69 Å². The first-order valence-corrected chi connectivity index (χ1v) is 8.45. The van der Waals surface area contributed by atoms with Crippen LogP contribution in [0.1, 0.15) is 60.2 Å². The van der Waals surface area contributed by atoms with Gasteiger partial charge >= 0.3 is 0 Å². The quantitative estimate of drug-likeness (QED) is 0.777. The summed E-state index contributed by atoms with van der Waals surface area (Å²) in [6.45, 7) is 4.33. The first-order chi connectivity index (χ1) is 9.22. The SMILES string of the molecule is Cc1cc(C(=O)C2(N3CCCCC3)CCCC2)cs1. The molecule has 2 heterocycles. The number of aryl methyl sites for hydroxylation is 1. The summed E-state index contributed by atoms with van der Waals surface area (Å²) in [4.78, 5) is 16.8. The molecule has 0 aromatic carbocycles. The number of likely N-dealkylation sites (tertiary alicyclic amines) is 1. The molecule has 1 saturated heterocycles. The van der Waals surface area contributed by atoms with E-state index in [1.807, 2.05) is 0 Å². The Balaban J connectivity index is 1.89. The molecule has 2 aliphatic rings. The minimum atomic E-state index is -0.159. The van der Waals surface area contributed by atoms with Crippen molar-refractivity contribution in [2.45, 2.75) is 57.4 Å². The maximum absolute atomic E-state index is 13.0. The zero-order chi connectivity index (χ0) is 13.3. The van der Waals surface area contributed by atoms with Crippen LogP contribution in [0.4, 0.5) is 0 Å². The van der Waals surface area contributed by atoms with Crippen LogP contribution in [0.2, 0.25) is 0 Å². The Morgan fingerprint density at radius 2 is 1.84 bits per heavy atom. The topological polar surface area (TPSA) is 20.3 Å². The second-order valence-corrected chi connectivity index (χ2v) is 7.18. The van der Waals surface area contributed by atoms with Gasteiger partial charge in [0.15, 0.2) is 5.78 Å². The number of thiophene rings is 1. The van der Waals surface area contributed by atoms with Crippen LogP contribution in [-0.2, 0) is 0 Å². The van der Waals surface area contributed by atoms with Crippen LogP contribution >= 0.6 is 11.3 Å². The zero-order valence-corrected chi connectivity index (χ0v) is 12.6. The van der Waals surface area contributed by atoms with E-state index >= 15 is 0 Å². The van der Waals surface area contributed by atoms with Gasteiger partial charge in [0.05, 0.1) is 5.54 Å². The Kier molecular flexibility index (Phi) is 3.77. The lowest BCUT2D eigenvalue weighted by molar-refractivity contribution is 0.0478. The third-order valence-corrected chi connectivity index (χ3v) is 5.67. The largest absolute Gasteiger partial charge is 0.292 e. The fraction of sp³-hybridized carbons (Fsp3) is 0.688. The van der Waals surface area contributed by atoms with Gasteiger partial charge in [-0.15, -0.1) is 11.3 Å². The van der Waals surface area contributed by atoms with Gasteiger partial charge in [-0.1, -0.05) is 19.3 Å². The van der Waals surface area contributed by atoms with E-state index in [4.69, 9.17) is 0 Å². The van der Waals surface area contributed by atoms with Gasteiger partial charge in [-0.2, -0.15) is 0 Å². The second kappa shape index (κ2) is 5.37. The number of piperidine rings is 1. The van der Waals surface area contributed by atoms with Crippen molar-refractivity contribution < 1.29 is 4.79 Å². The lowest BCUT2D eigenvalue weighted by atomic mass is 9.85. The van der Waals surface area contributed by atoms with Gasteiger partial charge in [-0.05, 0) is 51.8 Å². The van der Waals surface area contributed by atoms with Crippen molar-refractivity contribution in [2.24, 2.45) is 0 Å². The summed E-state index contributed by atoms with van der Waals surface area (Å²) in [5.74, 6) is 0.399. The summed E-state index contributed by atoms with van der Waals surface area (Å²) < 4.78 is 0. The molecule has 1 aromatic heterocycles. The molecule has 0 radical (unpaired) electrons. The van der Waals surface area contributed by atoms with E-state index in [2.05, 4.69) is 23.3 Å². The highest BCUT2D eigenvalue weighted by molar-refractivity contribution is 7.10. The number of carbonyl (C=O) groups is 1. The van der Waals surface area contributed by atoms with E-state index < -0.39 is 0 Å². The number of carbonyl (C=O) groups excluding carboxylic acids is 1. The summed E-state index contributed by atoms with van der Waals surface area (Å²) in [5, 5.41) is 2.06. The number of nitrogens with zero attached hydrogens (tertiary/aromatic N) is 1. The van der Waals surface area contributed by atoms with Crippen molar-refractivity contribution in [3.05, 3.63) is 21.9 Å². The van der Waals surface area contributed by atoms with Crippen molar-refractivity contribution >= 4 is 17.1 Å². The third kappa shape index (κ3) is 2.38. The lowest BCUT2D eigenvalue weighted by Gasteiger charge is -2.42. The maximum Gasteiger partial charge on any atom is 0.183 e. The Hall–Kier alpha value is -0.670. The van der Waals surface area contributed by atoms with Crippen molar-refractivity contribution in [2.75, 3.05) is 13.1 Å². The molecule has 1 saturated carbocycles. The summed E-state index contributed by atoms with van der Waals surface area (Å²) in [6, 6.07) is 2.08. The Labute approximate surface area is 119 Å². The lowest BCUT2D eigenvalue weighted by Crippen LogP contribution is -2.54. The van der Waals surface area contributed by atoms with Gasteiger partial charge in [0.2, 0.25) is 0 Å². The van der Waals surface area contributed by atoms with Gasteiger partial charge < -0.3 is 0 Å². The third-order valence-electron chi connectivity index (χ3n) is 4.81. The predicted octanol–water partition coefficient (Wildman–Crippen LogP) is 4.04. The number of rotatable bonds is 3. The molecule has 3 rings (SSSR count). The van der Waals surface area contributed by atoms with E-state index in [1.165, 1.54) is 37.0 Å². The van der Waals surface area contributed by atoms with Crippen LogP contribution in [-0.4, -0.2) is 29.3 Å². The number of hydrogen-bond acceptors (Lipinski definition) is 3. The van der Waals surface area contributed by atoms with E-state index in [0.717, 1.165) is 31.5 Å². The van der Waals surface area contributed by atoms with Crippen LogP contribution in [0.25, 0.3) is 0 Å². The molecule has 1 aliphatic carbocycles. The van der Waals surface area contributed by atoms with Gasteiger partial charge in [0.25, 0.3) is 0 Å². The van der Waals surface area contributed by atoms with Crippen LogP contribution < -0.4 is 0 Å². The monoisotopic (exact) mass is 277 g/mol. The first kappa shape index (κ1) is 13.3. The van der Waals surface area contributed by atoms with E-state index in [9.17, 15) is 4.79 Å². The van der Waals surface area contributed by atoms with Gasteiger partial charge in [-0.25, -0.2) is 0 Å². The van der Waals surface area contributed by atoms with Crippen molar-refractivity contribution in [3.8, 4) is 0 Å². The van der Waals surface area contributed by atoms with Gasteiger partial charge in [0, 0.05) is 15.8 Å². The predicted molar refractivity (Wildman–Crippen MR) is 80.0 cm³/mol. The van der Waals surface area contributed by atoms with Crippen molar-refractivity contribution in [3.63, 3.8) is 0 Å². The number of hydrogen-bond donors (Lipinski definition) is 0. The van der Waals surface area contributed by atoms with E-state index in [1.54, 1.807) is 11.3 Å². The Morgan fingerprint density at radius 1 is 1.16 bits per heavy atom. The average Bonchev–Trinajstić information content (AvgIpc) is 3.08. The molecule has 0 N–H and O–H groups in total. The smallest absolute Gasteiger partial charge is 0.183 e. The Morgan fingerprint density at radius 3 is 2.42 bits per heavy atom. The summed E-state index contributed by atoms with van der Waals surface area (Å²) in [5.41, 5.74) is 0.795. The molecule has 2 nitrogen and oxygen atoms in total. The normalized spacial score (nSPS) is 23.6. The molecule has 19 heavy (non-hydrogen) atoms. The van der Waals surface area contributed by atoms with Crippen LogP contribution in [0, 0.1) is 6.92 Å². The summed E-state index contributed by atoms with van der Waals surface area (Å²) >= 11 is 1.70. The molecule has 0 amide bonds. The highest BCUT2D eigenvalue weighted by Gasteiger charge is 2.46. The second-order valence-electron chi connectivity index (χ2n) is 6.06. The average molecular weight is 277 g/mol. The van der Waals surface area contributed by atoms with Crippen molar-refractivity contribution in [1.82, 2.24) is 4.90 Å². The molecular formula is C16H23NOS. The summed E-state index contributed by atoms with van der Waals surface area (Å²) in [7, 11) is 0. The highest BCUT2D eigenvalue weighted by atomic mass is 32.1. The summed E-state index contributed by atoms with van der Waals surface area (Å²) in [6.07, 6.45) is 8.42. The molecule has 104 valence electrons. The minimum Gasteiger partial charge on any atom is -0.292 e. The molecule has 0 unspecified atom stereocenters. The fourth-order valence-electron chi connectivity index (χ4n) is 3.80. The van der Waals surface area contributed by atoms with Gasteiger partial charge in [0.1, 0.15) is 0 Å². The number of ketones is 1. The molecule has 1 aliphatic heterocycles. The molecule has 0 spiro atoms. The van der Waals surface area contributed by atoms with E-state index in [0.29, 0.717) is 5.78 Å². The molecule has 3 heteroatoms. The fourth-order valence-corrected chi connectivity index (χ4v) is 4.48. The van der Waals surface area contributed by atoms with Crippen molar-refractivity contribution in [1.29, 1.82) is 0 Å². The number of Topliss-reactive ketones (excluding diaryl/α,β-unsaturated/α-hetero) is 1. The van der Waals surface area contributed by atoms with Crippen LogP contribution in [0.15, 0.2) is 11.4 Å². The minimum absolute atomic E-state index is 0.159. The van der Waals surface area contributed by atoms with Crippen LogP contribution in [0.5, 0.6) is 0 Å². The van der Waals surface area contributed by atoms with Crippen LogP contribution in [0.3, 0.4) is 0 Å². The Bertz CT molecular complexity index is 453. The molecular weight excluding hydrogens is 254 g/mol. The molecule has 0 bridgehead atoms. The molecule has 0 atom stereocenters. The first-order valence-electron chi connectivity index (χ1n) is 7.57. The highest BCUT2D eigenvalue weighted by Crippen LogP contribution is 2.40. The zero-order valence-electron chi connectivity index (χ0n) is 11.8. The van der Waals surface area contributed by atoms with E-state index in [-0.39, 0.29) is 5.54 Å². The standard InChI is InChI=1S/C16H23NOS/c1-13-11-14(12-19-13)15(18)16(7-3-4-8-16)17-9-5-2-6-10-17/h11-12H,2-10H2,1H3.